The van der Waals surface area contributed by atoms with E-state index in [0.29, 0.717) is 10.2 Å². The first-order valence-corrected chi connectivity index (χ1v) is 6.49. The minimum absolute atomic E-state index is 0.453. The van der Waals surface area contributed by atoms with E-state index in [4.69, 9.17) is 17.3 Å². The zero-order valence-corrected chi connectivity index (χ0v) is 11.1. The van der Waals surface area contributed by atoms with Gasteiger partial charge in [0.05, 0.1) is 5.52 Å². The molecule has 0 unspecified atom stereocenters. The Morgan fingerprint density at radius 3 is 2.78 bits per heavy atom. The van der Waals surface area contributed by atoms with Crippen LogP contribution in [0.4, 0.5) is 5.13 Å². The van der Waals surface area contributed by atoms with Gasteiger partial charge in [-0.15, -0.1) is 10.2 Å². The molecule has 0 aliphatic heterocycles. The van der Waals surface area contributed by atoms with Gasteiger partial charge in [0.15, 0.2) is 0 Å². The van der Waals surface area contributed by atoms with Crippen molar-refractivity contribution < 1.29 is 0 Å². The number of hydrogen-bond acceptors (Lipinski definition) is 5. The summed E-state index contributed by atoms with van der Waals surface area (Å²) in [6.07, 6.45) is 0. The molecule has 18 heavy (non-hydrogen) atoms. The molecule has 3 rings (SSSR count). The third-order valence-electron chi connectivity index (χ3n) is 2.57. The van der Waals surface area contributed by atoms with Gasteiger partial charge in [-0.25, -0.2) is 0 Å². The van der Waals surface area contributed by atoms with Crippen molar-refractivity contribution in [2.24, 2.45) is 0 Å². The smallest absolute Gasteiger partial charge is 0.203 e. The SMILES string of the molecule is Cc1cc(-c2nnc(N)s2)c2cc(Cl)ccc2n1. The number of anilines is 1. The van der Waals surface area contributed by atoms with Gasteiger partial charge >= 0.3 is 0 Å². The maximum atomic E-state index is 6.04. The fraction of sp³-hybridized carbons (Fsp3) is 0.0833. The number of halogens is 1. The van der Waals surface area contributed by atoms with Crippen LogP contribution in [0.3, 0.4) is 0 Å². The van der Waals surface area contributed by atoms with Crippen molar-refractivity contribution in [2.75, 3.05) is 5.73 Å². The summed E-state index contributed by atoms with van der Waals surface area (Å²) < 4.78 is 0. The molecule has 0 aliphatic carbocycles. The molecule has 6 heteroatoms. The molecule has 2 heterocycles. The van der Waals surface area contributed by atoms with E-state index < -0.39 is 0 Å². The monoisotopic (exact) mass is 276 g/mol. The maximum absolute atomic E-state index is 6.04. The van der Waals surface area contributed by atoms with Crippen LogP contribution in [0.1, 0.15) is 5.69 Å². The number of benzene rings is 1. The van der Waals surface area contributed by atoms with E-state index in [1.54, 1.807) is 0 Å². The van der Waals surface area contributed by atoms with Crippen molar-refractivity contribution in [3.8, 4) is 10.6 Å². The Morgan fingerprint density at radius 1 is 1.22 bits per heavy atom. The number of hydrogen-bond donors (Lipinski definition) is 1. The molecule has 1 aromatic carbocycles. The first kappa shape index (κ1) is 11.4. The lowest BCUT2D eigenvalue weighted by Crippen LogP contribution is -1.88. The van der Waals surface area contributed by atoms with Gasteiger partial charge in [-0.05, 0) is 31.2 Å². The van der Waals surface area contributed by atoms with E-state index in [2.05, 4.69) is 15.2 Å². The largest absolute Gasteiger partial charge is 0.374 e. The summed E-state index contributed by atoms with van der Waals surface area (Å²) in [7, 11) is 0. The number of aryl methyl sites for hydroxylation is 1. The first-order valence-electron chi connectivity index (χ1n) is 5.30. The second-order valence-corrected chi connectivity index (χ2v) is 5.36. The average Bonchev–Trinajstić information content (AvgIpc) is 2.75. The van der Waals surface area contributed by atoms with Crippen LogP contribution in [-0.2, 0) is 0 Å². The second-order valence-electron chi connectivity index (χ2n) is 3.92. The lowest BCUT2D eigenvalue weighted by molar-refractivity contribution is 1.10. The van der Waals surface area contributed by atoms with E-state index in [1.165, 1.54) is 11.3 Å². The Hall–Kier alpha value is -1.72. The molecule has 0 amide bonds. The molecule has 0 saturated heterocycles. The highest BCUT2D eigenvalue weighted by Crippen LogP contribution is 2.32. The van der Waals surface area contributed by atoms with Crippen LogP contribution in [0.2, 0.25) is 5.02 Å². The van der Waals surface area contributed by atoms with E-state index in [9.17, 15) is 0 Å². The van der Waals surface area contributed by atoms with Crippen molar-refractivity contribution in [1.82, 2.24) is 15.2 Å². The Kier molecular flexibility index (Phi) is 2.65. The van der Waals surface area contributed by atoms with Gasteiger partial charge in [0.1, 0.15) is 5.01 Å². The van der Waals surface area contributed by atoms with Crippen molar-refractivity contribution in [2.45, 2.75) is 6.92 Å². The average molecular weight is 277 g/mol. The quantitative estimate of drug-likeness (QED) is 0.741. The third kappa shape index (κ3) is 1.91. The highest BCUT2D eigenvalue weighted by atomic mass is 35.5. The standard InChI is InChI=1S/C12H9ClN4S/c1-6-4-9(11-16-17-12(14)18-11)8-5-7(13)2-3-10(8)15-6/h2-5H,1H3,(H2,14,17). The summed E-state index contributed by atoms with van der Waals surface area (Å²) in [5.74, 6) is 0. The molecule has 0 bridgehead atoms. The minimum Gasteiger partial charge on any atom is -0.374 e. The van der Waals surface area contributed by atoms with Crippen LogP contribution in [0, 0.1) is 6.92 Å². The van der Waals surface area contributed by atoms with Gasteiger partial charge in [0.2, 0.25) is 5.13 Å². The van der Waals surface area contributed by atoms with Crippen molar-refractivity contribution >= 4 is 39.0 Å². The maximum Gasteiger partial charge on any atom is 0.203 e. The fourth-order valence-corrected chi connectivity index (χ4v) is 2.66. The minimum atomic E-state index is 0.453. The highest BCUT2D eigenvalue weighted by Gasteiger charge is 2.11. The van der Waals surface area contributed by atoms with E-state index in [0.717, 1.165) is 27.2 Å². The third-order valence-corrected chi connectivity index (χ3v) is 3.59. The summed E-state index contributed by atoms with van der Waals surface area (Å²) >= 11 is 7.39. The van der Waals surface area contributed by atoms with E-state index in [-0.39, 0.29) is 0 Å². The molecule has 4 nitrogen and oxygen atoms in total. The zero-order chi connectivity index (χ0) is 12.7. The van der Waals surface area contributed by atoms with Crippen LogP contribution < -0.4 is 5.73 Å². The number of fused-ring (bicyclic) bond motifs is 1. The highest BCUT2D eigenvalue weighted by molar-refractivity contribution is 7.18. The first-order chi connectivity index (χ1) is 8.63. The molecule has 2 aromatic heterocycles. The summed E-state index contributed by atoms with van der Waals surface area (Å²) in [5.41, 5.74) is 8.41. The van der Waals surface area contributed by atoms with Crippen LogP contribution in [-0.4, -0.2) is 15.2 Å². The number of nitrogens with zero attached hydrogens (tertiary/aromatic N) is 3. The normalized spacial score (nSPS) is 11.0. The summed E-state index contributed by atoms with van der Waals surface area (Å²) in [6, 6.07) is 7.59. The van der Waals surface area contributed by atoms with Gasteiger partial charge in [-0.1, -0.05) is 22.9 Å². The van der Waals surface area contributed by atoms with Gasteiger partial charge in [-0.2, -0.15) is 0 Å². The molecule has 0 fully saturated rings. The van der Waals surface area contributed by atoms with Crippen LogP contribution in [0.15, 0.2) is 24.3 Å². The summed E-state index contributed by atoms with van der Waals surface area (Å²) in [6.45, 7) is 1.95. The molecule has 0 radical (unpaired) electrons. The number of aromatic nitrogens is 3. The zero-order valence-electron chi connectivity index (χ0n) is 9.51. The van der Waals surface area contributed by atoms with Crippen LogP contribution >= 0.6 is 22.9 Å². The van der Waals surface area contributed by atoms with Gasteiger partial charge < -0.3 is 5.73 Å². The van der Waals surface area contributed by atoms with Gasteiger partial charge in [-0.3, -0.25) is 4.98 Å². The van der Waals surface area contributed by atoms with Crippen molar-refractivity contribution in [3.05, 3.63) is 35.0 Å². The predicted molar refractivity (Wildman–Crippen MR) is 74.8 cm³/mol. The van der Waals surface area contributed by atoms with Crippen molar-refractivity contribution in [1.29, 1.82) is 0 Å². The van der Waals surface area contributed by atoms with E-state index >= 15 is 0 Å². The topological polar surface area (TPSA) is 64.7 Å². The number of nitrogens with two attached hydrogens (primary N) is 1. The van der Waals surface area contributed by atoms with Gasteiger partial charge in [0.25, 0.3) is 0 Å². The molecule has 2 N–H and O–H groups in total. The Morgan fingerprint density at radius 2 is 2.06 bits per heavy atom. The van der Waals surface area contributed by atoms with Gasteiger partial charge in [0, 0.05) is 21.7 Å². The molecule has 0 atom stereocenters. The molecule has 0 spiro atoms. The summed E-state index contributed by atoms with van der Waals surface area (Å²) in [4.78, 5) is 4.48. The number of rotatable bonds is 1. The Bertz CT molecular complexity index is 738. The molecular formula is C12H9ClN4S. The van der Waals surface area contributed by atoms with E-state index in [1.807, 2.05) is 31.2 Å². The Labute approximate surface area is 112 Å². The van der Waals surface area contributed by atoms with Crippen LogP contribution in [0.5, 0.6) is 0 Å². The predicted octanol–water partition coefficient (Wildman–Crippen LogP) is 3.30. The number of nitrogen functional groups attached to an aromatic ring is 1. The molecule has 90 valence electrons. The Balaban J connectivity index is 2.36. The lowest BCUT2D eigenvalue weighted by Gasteiger charge is -2.05. The lowest BCUT2D eigenvalue weighted by atomic mass is 10.1. The molecule has 3 aromatic rings. The summed E-state index contributed by atoms with van der Waals surface area (Å²) in [5, 5.41) is 10.8. The number of pyridine rings is 1. The van der Waals surface area contributed by atoms with Crippen LogP contribution in [0.25, 0.3) is 21.5 Å². The molecule has 0 saturated carbocycles. The van der Waals surface area contributed by atoms with Crippen molar-refractivity contribution in [3.63, 3.8) is 0 Å². The fourth-order valence-electron chi connectivity index (χ4n) is 1.85. The molecular weight excluding hydrogens is 268 g/mol. The second kappa shape index (κ2) is 4.19. The molecule has 0 aliphatic rings.